The topological polar surface area (TPSA) is 41.0 Å². The maximum atomic E-state index is 4.55. The monoisotopic (exact) mass is 254 g/mol. The van der Waals surface area contributed by atoms with E-state index < -0.39 is 0 Å². The van der Waals surface area contributed by atoms with Crippen LogP contribution in [0.4, 0.5) is 5.13 Å². The Hall–Kier alpha value is -0.680. The molecule has 1 atom stereocenters. The smallest absolute Gasteiger partial charge is 0.202 e. The number of likely N-dealkylation sites (N-methyl/N-ethyl adjacent to an activating group) is 1. The molecule has 1 fully saturated rings. The lowest BCUT2D eigenvalue weighted by molar-refractivity contribution is 0.322. The summed E-state index contributed by atoms with van der Waals surface area (Å²) in [5.41, 5.74) is 0.0422. The molecule has 0 saturated carbocycles. The molecule has 96 valence electrons. The van der Waals surface area contributed by atoms with Crippen LogP contribution in [0.15, 0.2) is 0 Å². The number of anilines is 1. The molecule has 17 heavy (non-hydrogen) atoms. The van der Waals surface area contributed by atoms with Gasteiger partial charge in [0.1, 0.15) is 5.82 Å². The van der Waals surface area contributed by atoms with Crippen molar-refractivity contribution in [1.82, 2.24) is 14.3 Å². The molecule has 2 rings (SSSR count). The summed E-state index contributed by atoms with van der Waals surface area (Å²) in [5.74, 6) is 0.935. The number of nitrogens with zero attached hydrogens (tertiary/aromatic N) is 3. The van der Waals surface area contributed by atoms with E-state index in [1.54, 1.807) is 0 Å². The third-order valence-electron chi connectivity index (χ3n) is 3.26. The summed E-state index contributed by atoms with van der Waals surface area (Å²) >= 11 is 1.47. The van der Waals surface area contributed by atoms with E-state index in [4.69, 9.17) is 0 Å². The number of aromatic nitrogens is 2. The van der Waals surface area contributed by atoms with E-state index in [0.29, 0.717) is 6.04 Å². The van der Waals surface area contributed by atoms with Gasteiger partial charge in [-0.15, -0.1) is 0 Å². The summed E-state index contributed by atoms with van der Waals surface area (Å²) in [5, 5.41) is 4.37. The Kier molecular flexibility index (Phi) is 3.68. The first kappa shape index (κ1) is 12.8. The fraction of sp³-hybridized carbons (Fsp3) is 0.833. The second-order valence-electron chi connectivity index (χ2n) is 5.83. The zero-order valence-electron chi connectivity index (χ0n) is 11.2. The zero-order valence-corrected chi connectivity index (χ0v) is 12.0. The minimum atomic E-state index is 0.0422. The van der Waals surface area contributed by atoms with Crippen molar-refractivity contribution < 1.29 is 0 Å². The van der Waals surface area contributed by atoms with E-state index in [9.17, 15) is 0 Å². The van der Waals surface area contributed by atoms with Crippen LogP contribution in [0.3, 0.4) is 0 Å². The molecule has 1 aliphatic rings. The van der Waals surface area contributed by atoms with Crippen LogP contribution in [0.2, 0.25) is 0 Å². The molecule has 2 heterocycles. The molecule has 1 N–H and O–H groups in total. The number of rotatable bonds is 3. The summed E-state index contributed by atoms with van der Waals surface area (Å²) in [6.07, 6.45) is 2.60. The van der Waals surface area contributed by atoms with Crippen molar-refractivity contribution in [2.24, 2.45) is 0 Å². The van der Waals surface area contributed by atoms with Crippen molar-refractivity contribution in [3.05, 3.63) is 5.82 Å². The van der Waals surface area contributed by atoms with Gasteiger partial charge in [-0.05, 0) is 26.4 Å². The molecule has 0 radical (unpaired) electrons. The van der Waals surface area contributed by atoms with E-state index >= 15 is 0 Å². The Labute approximate surface area is 108 Å². The van der Waals surface area contributed by atoms with E-state index in [1.807, 2.05) is 0 Å². The first-order valence-electron chi connectivity index (χ1n) is 6.25. The molecule has 1 aromatic heterocycles. The Morgan fingerprint density at radius 1 is 1.47 bits per heavy atom. The summed E-state index contributed by atoms with van der Waals surface area (Å²) in [6.45, 7) is 8.63. The minimum absolute atomic E-state index is 0.0422. The molecule has 1 aromatic rings. The largest absolute Gasteiger partial charge is 0.359 e. The van der Waals surface area contributed by atoms with Crippen molar-refractivity contribution >= 4 is 16.7 Å². The molecule has 4 nitrogen and oxygen atoms in total. The quantitative estimate of drug-likeness (QED) is 0.899. The average Bonchev–Trinajstić information content (AvgIpc) is 2.82. The van der Waals surface area contributed by atoms with Crippen LogP contribution in [-0.2, 0) is 5.41 Å². The molecule has 0 aromatic carbocycles. The highest BCUT2D eigenvalue weighted by Gasteiger charge is 2.22. The third kappa shape index (κ3) is 3.16. The van der Waals surface area contributed by atoms with E-state index in [2.05, 4.69) is 47.4 Å². The van der Waals surface area contributed by atoms with Crippen molar-refractivity contribution in [2.75, 3.05) is 25.5 Å². The van der Waals surface area contributed by atoms with E-state index in [-0.39, 0.29) is 5.41 Å². The van der Waals surface area contributed by atoms with Crippen LogP contribution in [-0.4, -0.2) is 40.4 Å². The highest BCUT2D eigenvalue weighted by atomic mass is 32.1. The van der Waals surface area contributed by atoms with Crippen molar-refractivity contribution in [3.8, 4) is 0 Å². The average molecular weight is 254 g/mol. The van der Waals surface area contributed by atoms with Crippen LogP contribution in [0.1, 0.15) is 39.4 Å². The molecule has 0 spiro atoms. The summed E-state index contributed by atoms with van der Waals surface area (Å²) in [6, 6.07) is 0.650. The molecule has 0 amide bonds. The molecule has 1 aliphatic heterocycles. The van der Waals surface area contributed by atoms with Gasteiger partial charge in [0.15, 0.2) is 0 Å². The first-order valence-corrected chi connectivity index (χ1v) is 7.02. The van der Waals surface area contributed by atoms with Gasteiger partial charge < -0.3 is 10.2 Å². The maximum absolute atomic E-state index is 4.55. The van der Waals surface area contributed by atoms with Gasteiger partial charge in [0.2, 0.25) is 5.13 Å². The predicted molar refractivity (Wildman–Crippen MR) is 72.8 cm³/mol. The van der Waals surface area contributed by atoms with Crippen LogP contribution in [0.25, 0.3) is 0 Å². The maximum Gasteiger partial charge on any atom is 0.202 e. The van der Waals surface area contributed by atoms with Gasteiger partial charge >= 0.3 is 0 Å². The zero-order chi connectivity index (χ0) is 12.5. The molecular weight excluding hydrogens is 232 g/mol. The molecule has 0 aliphatic carbocycles. The summed E-state index contributed by atoms with van der Waals surface area (Å²) in [4.78, 5) is 6.96. The Balaban J connectivity index is 1.89. The van der Waals surface area contributed by atoms with Crippen LogP contribution in [0, 0.1) is 0 Å². The van der Waals surface area contributed by atoms with Gasteiger partial charge in [0, 0.05) is 29.5 Å². The van der Waals surface area contributed by atoms with Gasteiger partial charge in [-0.25, -0.2) is 4.98 Å². The van der Waals surface area contributed by atoms with Gasteiger partial charge in [-0.2, -0.15) is 4.37 Å². The number of hydrogen-bond donors (Lipinski definition) is 1. The van der Waals surface area contributed by atoms with E-state index in [0.717, 1.165) is 17.5 Å². The predicted octanol–water partition coefficient (Wildman–Crippen LogP) is 2.34. The fourth-order valence-corrected chi connectivity index (χ4v) is 2.81. The molecule has 0 bridgehead atoms. The van der Waals surface area contributed by atoms with Gasteiger partial charge in [0.05, 0.1) is 0 Å². The van der Waals surface area contributed by atoms with Crippen LogP contribution < -0.4 is 5.32 Å². The van der Waals surface area contributed by atoms with Crippen LogP contribution >= 0.6 is 11.5 Å². The van der Waals surface area contributed by atoms with Crippen LogP contribution in [0.5, 0.6) is 0 Å². The Morgan fingerprint density at radius 3 is 2.76 bits per heavy atom. The lowest BCUT2D eigenvalue weighted by Gasteiger charge is -2.19. The van der Waals surface area contributed by atoms with Crippen molar-refractivity contribution in [2.45, 2.75) is 45.1 Å². The second-order valence-corrected chi connectivity index (χ2v) is 6.58. The molecule has 5 heteroatoms. The standard InChI is InChI=1S/C12H22N4S/c1-12(2,3)10-14-11(17-15-10)13-8-9-6-5-7-16(9)4/h9H,5-8H2,1-4H3,(H,13,14,15). The highest BCUT2D eigenvalue weighted by Crippen LogP contribution is 2.23. The Bertz CT molecular complexity index is 369. The first-order chi connectivity index (χ1) is 7.97. The van der Waals surface area contributed by atoms with Gasteiger partial charge in [-0.3, -0.25) is 0 Å². The molecule has 1 unspecified atom stereocenters. The highest BCUT2D eigenvalue weighted by molar-refractivity contribution is 7.09. The lowest BCUT2D eigenvalue weighted by Crippen LogP contribution is -2.31. The second kappa shape index (κ2) is 4.90. The van der Waals surface area contributed by atoms with Gasteiger partial charge in [-0.1, -0.05) is 20.8 Å². The number of nitrogens with one attached hydrogen (secondary N) is 1. The number of likely N-dealkylation sites (tertiary alicyclic amines) is 1. The SMILES string of the molecule is CN1CCCC1CNc1nc(C(C)(C)C)ns1. The normalized spacial score (nSPS) is 22.0. The molecule has 1 saturated heterocycles. The lowest BCUT2D eigenvalue weighted by atomic mass is 9.96. The van der Waals surface area contributed by atoms with Gasteiger partial charge in [0.25, 0.3) is 0 Å². The molecular formula is C12H22N4S. The number of hydrogen-bond acceptors (Lipinski definition) is 5. The van der Waals surface area contributed by atoms with E-state index in [1.165, 1.54) is 30.9 Å². The minimum Gasteiger partial charge on any atom is -0.359 e. The fourth-order valence-electron chi connectivity index (χ4n) is 2.04. The van der Waals surface area contributed by atoms with Crippen molar-refractivity contribution in [3.63, 3.8) is 0 Å². The summed E-state index contributed by atoms with van der Waals surface area (Å²) < 4.78 is 4.41. The van der Waals surface area contributed by atoms with Crippen molar-refractivity contribution in [1.29, 1.82) is 0 Å². The third-order valence-corrected chi connectivity index (χ3v) is 3.93. The Morgan fingerprint density at radius 2 is 2.24 bits per heavy atom. The summed E-state index contributed by atoms with van der Waals surface area (Å²) in [7, 11) is 2.19.